The number of thiocarbonyl (C=S) groups is 1. The topological polar surface area (TPSA) is 67.9 Å². The lowest BCUT2D eigenvalue weighted by atomic mass is 10.1. The van der Waals surface area contributed by atoms with Gasteiger partial charge in [0.25, 0.3) is 11.8 Å². The van der Waals surface area contributed by atoms with Gasteiger partial charge >= 0.3 is 0 Å². The van der Waals surface area contributed by atoms with Gasteiger partial charge in [-0.15, -0.1) is 0 Å². The molecule has 0 atom stereocenters. The zero-order valence-corrected chi connectivity index (χ0v) is 20.7. The van der Waals surface area contributed by atoms with E-state index in [1.807, 2.05) is 52.0 Å². The number of nitrogens with one attached hydrogen (secondary N) is 1. The van der Waals surface area contributed by atoms with Gasteiger partial charge in [0, 0.05) is 0 Å². The molecule has 0 spiro atoms. The Kier molecular flexibility index (Phi) is 7.32. The molecule has 0 radical (unpaired) electrons. The van der Waals surface area contributed by atoms with Gasteiger partial charge in [-0.2, -0.15) is 0 Å². The summed E-state index contributed by atoms with van der Waals surface area (Å²) in [6.45, 7) is 8.11. The maximum Gasteiger partial charge on any atom is 0.270 e. The first kappa shape index (κ1) is 23.2. The first-order chi connectivity index (χ1) is 14.7. The third-order valence-corrected chi connectivity index (χ3v) is 5.54. The Morgan fingerprint density at radius 1 is 1.23 bits per heavy atom. The van der Waals surface area contributed by atoms with Gasteiger partial charge in [0.2, 0.25) is 0 Å². The van der Waals surface area contributed by atoms with Gasteiger partial charge in [-0.3, -0.25) is 19.8 Å². The number of aryl methyl sites for hydroxylation is 1. The Morgan fingerprint density at radius 3 is 2.58 bits per heavy atom. The van der Waals surface area contributed by atoms with E-state index in [2.05, 4.69) is 27.9 Å². The summed E-state index contributed by atoms with van der Waals surface area (Å²) in [7, 11) is 0. The summed E-state index contributed by atoms with van der Waals surface area (Å²) >= 11 is 7.44. The van der Waals surface area contributed by atoms with Crippen LogP contribution < -0.4 is 19.7 Å². The van der Waals surface area contributed by atoms with E-state index in [9.17, 15) is 9.59 Å². The van der Waals surface area contributed by atoms with Crippen molar-refractivity contribution >= 4 is 63.5 Å². The van der Waals surface area contributed by atoms with Crippen LogP contribution in [0.25, 0.3) is 6.08 Å². The van der Waals surface area contributed by atoms with Gasteiger partial charge in [0.15, 0.2) is 16.6 Å². The highest BCUT2D eigenvalue weighted by Gasteiger charge is 2.35. The minimum absolute atomic E-state index is 0.00682. The van der Waals surface area contributed by atoms with Crippen molar-refractivity contribution in [3.05, 3.63) is 56.7 Å². The SMILES string of the molecule is CCOc1cc(/C=C2\C(=O)NC(=S)N(c3ccccc3C)C2=O)cc(I)c1OC(C)C. The number of anilines is 1. The van der Waals surface area contributed by atoms with Crippen molar-refractivity contribution in [2.75, 3.05) is 11.5 Å². The Bertz CT molecular complexity index is 1080. The average Bonchev–Trinajstić information content (AvgIpc) is 2.69. The summed E-state index contributed by atoms with van der Waals surface area (Å²) < 4.78 is 12.5. The van der Waals surface area contributed by atoms with Crippen LogP contribution in [-0.4, -0.2) is 29.6 Å². The van der Waals surface area contributed by atoms with E-state index >= 15 is 0 Å². The van der Waals surface area contributed by atoms with Crippen LogP contribution in [0.2, 0.25) is 0 Å². The lowest BCUT2D eigenvalue weighted by molar-refractivity contribution is -0.122. The molecular formula is C23H23IN2O4S. The lowest BCUT2D eigenvalue weighted by Crippen LogP contribution is -2.54. The maximum atomic E-state index is 13.3. The van der Waals surface area contributed by atoms with Crippen molar-refractivity contribution in [3.63, 3.8) is 0 Å². The summed E-state index contributed by atoms with van der Waals surface area (Å²) in [6, 6.07) is 11.0. The molecule has 1 N–H and O–H groups in total. The minimum Gasteiger partial charge on any atom is -0.490 e. The first-order valence-corrected chi connectivity index (χ1v) is 11.3. The molecule has 0 unspecified atom stereocenters. The first-order valence-electron chi connectivity index (χ1n) is 9.83. The number of carbonyl (C=O) groups excluding carboxylic acids is 2. The Hall–Kier alpha value is -2.46. The van der Waals surface area contributed by atoms with Crippen molar-refractivity contribution in [1.29, 1.82) is 0 Å². The normalized spacial score (nSPS) is 15.5. The molecule has 1 fully saturated rings. The zero-order chi connectivity index (χ0) is 22.7. The number of para-hydroxylation sites is 1. The van der Waals surface area contributed by atoms with Gasteiger partial charge in [-0.1, -0.05) is 18.2 Å². The lowest BCUT2D eigenvalue weighted by Gasteiger charge is -2.30. The van der Waals surface area contributed by atoms with Crippen molar-refractivity contribution in [3.8, 4) is 11.5 Å². The molecule has 1 aliphatic rings. The predicted molar refractivity (Wildman–Crippen MR) is 133 cm³/mol. The minimum atomic E-state index is -0.532. The monoisotopic (exact) mass is 550 g/mol. The molecule has 3 rings (SSSR count). The maximum absolute atomic E-state index is 13.3. The fraction of sp³-hybridized carbons (Fsp3) is 0.261. The summed E-state index contributed by atoms with van der Waals surface area (Å²) in [6.07, 6.45) is 1.53. The number of halogens is 1. The van der Waals surface area contributed by atoms with E-state index in [0.29, 0.717) is 29.4 Å². The average molecular weight is 550 g/mol. The van der Waals surface area contributed by atoms with Gasteiger partial charge in [-0.05, 0) is 97.9 Å². The van der Waals surface area contributed by atoms with Crippen molar-refractivity contribution in [2.24, 2.45) is 0 Å². The molecule has 31 heavy (non-hydrogen) atoms. The van der Waals surface area contributed by atoms with Gasteiger partial charge in [-0.25, -0.2) is 0 Å². The molecule has 1 aliphatic heterocycles. The Morgan fingerprint density at radius 2 is 1.94 bits per heavy atom. The van der Waals surface area contributed by atoms with Crippen LogP contribution in [0.15, 0.2) is 42.0 Å². The molecular weight excluding hydrogens is 527 g/mol. The summed E-state index contributed by atoms with van der Waals surface area (Å²) in [5.41, 5.74) is 2.15. The van der Waals surface area contributed by atoms with E-state index in [0.717, 1.165) is 9.13 Å². The highest BCUT2D eigenvalue weighted by atomic mass is 127. The number of benzene rings is 2. The van der Waals surface area contributed by atoms with E-state index < -0.39 is 11.8 Å². The number of nitrogens with zero attached hydrogens (tertiary/aromatic N) is 1. The molecule has 2 aromatic carbocycles. The highest BCUT2D eigenvalue weighted by Crippen LogP contribution is 2.36. The molecule has 8 heteroatoms. The van der Waals surface area contributed by atoms with Crippen LogP contribution in [0, 0.1) is 10.5 Å². The molecule has 6 nitrogen and oxygen atoms in total. The van der Waals surface area contributed by atoms with Crippen LogP contribution in [0.4, 0.5) is 5.69 Å². The largest absolute Gasteiger partial charge is 0.490 e. The van der Waals surface area contributed by atoms with Gasteiger partial charge < -0.3 is 9.47 Å². The van der Waals surface area contributed by atoms with Crippen molar-refractivity contribution in [2.45, 2.75) is 33.8 Å². The molecule has 0 aliphatic carbocycles. The summed E-state index contributed by atoms with van der Waals surface area (Å²) in [5.74, 6) is 0.195. The number of rotatable bonds is 6. The second-order valence-corrected chi connectivity index (χ2v) is 8.72. The molecule has 0 aromatic heterocycles. The molecule has 1 saturated heterocycles. The number of hydrogen-bond acceptors (Lipinski definition) is 5. The predicted octanol–water partition coefficient (Wildman–Crippen LogP) is 4.62. The molecule has 162 valence electrons. The highest BCUT2D eigenvalue weighted by molar-refractivity contribution is 14.1. The Balaban J connectivity index is 2.05. The number of carbonyl (C=O) groups is 2. The number of amides is 2. The third kappa shape index (κ3) is 5.07. The molecule has 2 aromatic rings. The quantitative estimate of drug-likeness (QED) is 0.246. The fourth-order valence-electron chi connectivity index (χ4n) is 3.14. The smallest absolute Gasteiger partial charge is 0.270 e. The van der Waals surface area contributed by atoms with Crippen LogP contribution in [-0.2, 0) is 9.59 Å². The summed E-state index contributed by atoms with van der Waals surface area (Å²) in [5, 5.41) is 2.68. The van der Waals surface area contributed by atoms with E-state index in [1.54, 1.807) is 18.2 Å². The molecule has 0 saturated carbocycles. The van der Waals surface area contributed by atoms with Gasteiger partial charge in [0.1, 0.15) is 5.57 Å². The molecule has 0 bridgehead atoms. The third-order valence-electron chi connectivity index (χ3n) is 4.45. The fourth-order valence-corrected chi connectivity index (χ4v) is 4.17. The Labute approximate surface area is 200 Å². The van der Waals surface area contributed by atoms with E-state index in [-0.39, 0.29) is 16.8 Å². The zero-order valence-electron chi connectivity index (χ0n) is 17.7. The standard InChI is InChI=1S/C23H23IN2O4S/c1-5-29-19-12-15(11-17(24)20(19)30-13(2)3)10-16-21(27)25-23(31)26(22(16)28)18-9-7-6-8-14(18)4/h6-13H,5H2,1-4H3,(H,25,27,31)/b16-10+. The van der Waals surface area contributed by atoms with Crippen LogP contribution >= 0.6 is 34.8 Å². The van der Waals surface area contributed by atoms with Gasteiger partial charge in [0.05, 0.1) is 22.0 Å². The van der Waals surface area contributed by atoms with Crippen LogP contribution in [0.1, 0.15) is 31.9 Å². The van der Waals surface area contributed by atoms with E-state index in [1.165, 1.54) is 4.90 Å². The van der Waals surface area contributed by atoms with Crippen LogP contribution in [0.3, 0.4) is 0 Å². The van der Waals surface area contributed by atoms with E-state index in [4.69, 9.17) is 21.7 Å². The second-order valence-electron chi connectivity index (χ2n) is 7.17. The molecule has 2 amide bonds. The second kappa shape index (κ2) is 9.78. The molecule has 1 heterocycles. The number of hydrogen-bond donors (Lipinski definition) is 1. The van der Waals surface area contributed by atoms with Crippen molar-refractivity contribution < 1.29 is 19.1 Å². The number of ether oxygens (including phenoxy) is 2. The van der Waals surface area contributed by atoms with Crippen LogP contribution in [0.5, 0.6) is 11.5 Å². The van der Waals surface area contributed by atoms with Crippen molar-refractivity contribution in [1.82, 2.24) is 5.32 Å². The summed E-state index contributed by atoms with van der Waals surface area (Å²) in [4.78, 5) is 27.2.